The van der Waals surface area contributed by atoms with E-state index in [9.17, 15) is 9.90 Å². The number of aliphatic hydroxyl groups is 3. The minimum absolute atomic E-state index is 0.0142. The number of carbonyl (C=O) groups excluding carboxylic acids is 1. The van der Waals surface area contributed by atoms with Gasteiger partial charge in [0.25, 0.3) is 0 Å². The molecule has 33 nitrogen and oxygen atoms in total. The molecule has 0 unspecified atom stereocenters. The van der Waals surface area contributed by atoms with Crippen LogP contribution in [0.25, 0.3) is 0 Å². The lowest BCUT2D eigenvalue weighted by Crippen LogP contribution is -2.30. The Morgan fingerprint density at radius 1 is 0.338 bits per heavy atom. The molecule has 0 heterocycles. The predicted molar refractivity (Wildman–Crippen MR) is 575 cm³/mol. The quantitative estimate of drug-likeness (QED) is 0.00987. The number of rotatable bonds is 36. The van der Waals surface area contributed by atoms with Gasteiger partial charge in [-0.1, -0.05) is 41.5 Å². The van der Waals surface area contributed by atoms with Crippen LogP contribution in [0.1, 0.15) is 127 Å². The Labute approximate surface area is 816 Å². The first-order valence-corrected chi connectivity index (χ1v) is 46.6. The molecule has 139 heavy (non-hydrogen) atoms. The second kappa shape index (κ2) is 56.8. The molecular weight excluding hydrogens is 1760 g/mol. The highest BCUT2D eigenvalue weighted by Gasteiger charge is 2.23. The van der Waals surface area contributed by atoms with Gasteiger partial charge in [0, 0.05) is 98.0 Å². The Hall–Kier alpha value is -15.5. The number of likely N-dealkylation sites (N-methyl/N-ethyl adjacent to an activating group) is 1. The second-order valence-corrected chi connectivity index (χ2v) is 32.4. The minimum Gasteiger partial charge on any atom is -0.491 e. The van der Waals surface area contributed by atoms with E-state index >= 15 is 0 Å². The number of nitrogens with zero attached hydrogens (tertiary/aromatic N) is 9. The zero-order valence-corrected chi connectivity index (χ0v) is 82.2. The molecule has 26 N–H and O–H groups in total. The van der Waals surface area contributed by atoms with Crippen molar-refractivity contribution in [3.8, 4) is 11.5 Å². The highest BCUT2D eigenvalue weighted by Crippen LogP contribution is 2.37. The van der Waals surface area contributed by atoms with Crippen molar-refractivity contribution in [1.29, 1.82) is 27.0 Å². The topological polar surface area (TPSA) is 570 Å². The molecule has 0 spiro atoms. The summed E-state index contributed by atoms with van der Waals surface area (Å²) in [6, 6.07) is 35.9. The summed E-state index contributed by atoms with van der Waals surface area (Å²) >= 11 is 0. The highest BCUT2D eigenvalue weighted by molar-refractivity contribution is 6.52. The van der Waals surface area contributed by atoms with E-state index in [1.807, 2.05) is 128 Å². The molecule has 0 amide bonds. The molecule has 0 fully saturated rings. The molecule has 0 atom stereocenters. The van der Waals surface area contributed by atoms with Gasteiger partial charge >= 0.3 is 0 Å². The number of nitrogens with two attached hydrogens (primary N) is 9. The van der Waals surface area contributed by atoms with Crippen molar-refractivity contribution in [2.24, 2.45) is 52.9 Å². The molecule has 0 saturated heterocycles. The van der Waals surface area contributed by atoms with Gasteiger partial charge in [-0.3, -0.25) is 26.4 Å². The maximum atomic E-state index is 11.1. The smallest absolute Gasteiger partial charge is 0.178 e. The van der Waals surface area contributed by atoms with Crippen molar-refractivity contribution in [1.82, 2.24) is 0 Å². The lowest BCUT2D eigenvalue weighted by molar-refractivity contribution is -0.110. The van der Waals surface area contributed by atoms with Crippen LogP contribution in [0.15, 0.2) is 287 Å². The number of aryl methyl sites for hydroxylation is 1. The number of nitrogens with one attached hydrogen (secondary N) is 5. The molecule has 12 rings (SSSR count). The maximum absolute atomic E-state index is 11.1. The summed E-state index contributed by atoms with van der Waals surface area (Å²) in [5.74, 6) is 3.37. The van der Waals surface area contributed by atoms with Crippen molar-refractivity contribution in [3.63, 3.8) is 0 Å². The number of ketones is 1. The number of aliphatic imine (C=N–C) groups is 6. The van der Waals surface area contributed by atoms with E-state index in [-0.39, 0.29) is 42.7 Å². The molecule has 6 aliphatic carbocycles. The van der Waals surface area contributed by atoms with Crippen molar-refractivity contribution in [2.75, 3.05) is 136 Å². The second-order valence-electron chi connectivity index (χ2n) is 32.4. The summed E-state index contributed by atoms with van der Waals surface area (Å²) in [4.78, 5) is 44.5. The fraction of sp³-hybridized carbons (Fsp3) is 0.321. The first kappa shape index (κ1) is 111. The van der Waals surface area contributed by atoms with E-state index in [1.54, 1.807) is 115 Å². The monoisotopic (exact) mass is 1890 g/mol. The lowest BCUT2D eigenvalue weighted by atomic mass is 9.96. The van der Waals surface area contributed by atoms with E-state index in [4.69, 9.17) is 117 Å². The highest BCUT2D eigenvalue weighted by atomic mass is 16.5. The molecule has 0 bridgehead atoms. The van der Waals surface area contributed by atoms with Gasteiger partial charge < -0.3 is 115 Å². The van der Waals surface area contributed by atoms with Gasteiger partial charge in [0.2, 0.25) is 0 Å². The fourth-order valence-electron chi connectivity index (χ4n) is 13.4. The summed E-state index contributed by atoms with van der Waals surface area (Å²) in [5, 5.41) is 67.5. The Balaban J connectivity index is 0.000000228. The van der Waals surface area contributed by atoms with Crippen LogP contribution in [-0.2, 0) is 23.7 Å². The molecule has 0 aliphatic heterocycles. The largest absolute Gasteiger partial charge is 0.491 e. The first-order chi connectivity index (χ1) is 66.7. The summed E-state index contributed by atoms with van der Waals surface area (Å²) in [5.41, 5.74) is 72.8. The van der Waals surface area contributed by atoms with Crippen molar-refractivity contribution < 1.29 is 48.5 Å². The number of nitrogen functional groups attached to an aromatic ring is 5. The number of hydrogen-bond donors (Lipinski definition) is 17. The summed E-state index contributed by atoms with van der Waals surface area (Å²) < 4.78 is 33.6. The standard InChI is InChI=1S/C20H28N4O2.C20H28N4O.C19H26N4O3.C17H22N4O.C15H18N4O.C15H17N3O2/c1-4-10-26-20-13-19(16(21)12-17(20)22)23-18-7-6-15(11-14(18)3)24(5-2)8-9-25;1-5-11-25-20-13-19(17(21)12-18(20)22)23-15-7-9-16(10-8-15)24(6-2)14(3)4;1-2-11-26-19-13-18(16(20)12-17(19)21)22-14-3-5-15(6-4-14)23(7-9-24)8-10-25;1-4-7-22-17-9-16(13(19)8-14(17)20)21-15-6-5-12(18)10(2)11(15)3;1-2-7-20-15-9-14(12(17)8-13(15)18)19-11-5-3-10(16)4-6-11;1-2-7-20-15-9-14(12(16)8-13(15)17)18-10-3-5-11(19)6-4-10/h6-7,11-13,21,25H,4-5,8-10,22H2,1-3H3;7-10,12-14,21H,5-6,11,22H2,1-4H3;3-6,12-13,20,24-25H,2,7-11,21H2,1H3;5-6,8-9,18H,4,7,19-20H2,1-3H3;3-6,8-9,17H,2,7,16,18H2,1H3;3-6,8-9H,2,7,16-17H2,1H3. The lowest BCUT2D eigenvalue weighted by Gasteiger charge is -2.27. The Bertz CT molecular complexity index is 5890. The Kier molecular flexibility index (Phi) is 45.1. The van der Waals surface area contributed by atoms with Crippen LogP contribution < -0.4 is 75.8 Å². The Morgan fingerprint density at radius 2 is 0.691 bits per heavy atom. The van der Waals surface area contributed by atoms with Crippen molar-refractivity contribution in [3.05, 3.63) is 263 Å². The van der Waals surface area contributed by atoms with Gasteiger partial charge in [-0.2, -0.15) is 0 Å². The summed E-state index contributed by atoms with van der Waals surface area (Å²) in [6.45, 7) is 33.5. The molecule has 0 aromatic heterocycles. The molecule has 6 aliphatic rings. The predicted octanol–water partition coefficient (Wildman–Crippen LogP) is 17.6. The van der Waals surface area contributed by atoms with Crippen LogP contribution in [0.2, 0.25) is 0 Å². The van der Waals surface area contributed by atoms with Crippen LogP contribution in [0.5, 0.6) is 11.5 Å². The average Bonchev–Trinajstić information content (AvgIpc) is 0.810. The van der Waals surface area contributed by atoms with Crippen LogP contribution in [0.3, 0.4) is 0 Å². The van der Waals surface area contributed by atoms with Gasteiger partial charge in [0.15, 0.2) is 5.78 Å². The van der Waals surface area contributed by atoms with Gasteiger partial charge in [0.1, 0.15) is 34.5 Å². The minimum atomic E-state index is -0.0544. The van der Waals surface area contributed by atoms with E-state index in [2.05, 4.69) is 79.6 Å². The van der Waals surface area contributed by atoms with Gasteiger partial charge in [-0.15, -0.1) is 0 Å². The maximum Gasteiger partial charge on any atom is 0.178 e. The number of aliphatic hydroxyl groups excluding tert-OH is 3. The van der Waals surface area contributed by atoms with Gasteiger partial charge in [-0.25, -0.2) is 30.0 Å². The molecule has 0 saturated carbocycles. The summed E-state index contributed by atoms with van der Waals surface area (Å²) in [6.07, 6.45) is 28.2. The summed E-state index contributed by atoms with van der Waals surface area (Å²) in [7, 11) is 0. The number of hydrogen-bond acceptors (Lipinski definition) is 33. The van der Waals surface area contributed by atoms with E-state index < -0.39 is 0 Å². The first-order valence-electron chi connectivity index (χ1n) is 46.6. The third-order valence-corrected chi connectivity index (χ3v) is 21.0. The normalized spacial score (nSPS) is 15.7. The number of allylic oxidation sites excluding steroid dienone is 16. The van der Waals surface area contributed by atoms with Gasteiger partial charge in [-0.05, 0) is 268 Å². The van der Waals surface area contributed by atoms with Crippen molar-refractivity contribution >= 4 is 148 Å². The molecule has 6 aromatic rings. The zero-order chi connectivity index (χ0) is 102. The number of anilines is 8. The number of benzene rings is 6. The third kappa shape index (κ3) is 34.4. The SMILES string of the molecule is CCCOC1=CC(=Nc2ccc(N(CC)C(C)C)cc2)C(=N)C=C1N.CCCOC1=CC(=Nc2ccc(N(CC)CCO)cc2C)C(=N)C=C1N.CCCOC1=CC(=Nc2ccc(N(CCO)CCO)cc2)C(=N)C=C1N.CCCOC1=CC(=Nc2ccc(N)cc2)C(=N)C=C1N.CCCOc1cc(N=C2C=CC(=N)C(C)=C2C)c(N)cc1N.CCCOc1cc(N=C2C=CC(=O)C=C2)c(N)cc1N. The Morgan fingerprint density at radius 3 is 1.06 bits per heavy atom. The molecule has 33 heteroatoms. The van der Waals surface area contributed by atoms with Crippen LogP contribution in [0.4, 0.5) is 79.6 Å². The number of carbonyl (C=O) groups is 1. The van der Waals surface area contributed by atoms with Crippen LogP contribution in [-0.4, -0.2) is 182 Å². The zero-order valence-electron chi connectivity index (χ0n) is 82.2. The van der Waals surface area contributed by atoms with Crippen LogP contribution >= 0.6 is 0 Å². The molecule has 6 aromatic carbocycles. The average molecular weight is 1900 g/mol. The van der Waals surface area contributed by atoms with E-state index in [0.717, 1.165) is 102 Å². The van der Waals surface area contributed by atoms with Crippen molar-refractivity contribution in [2.45, 2.75) is 135 Å². The van der Waals surface area contributed by atoms with E-state index in [1.165, 1.54) is 17.8 Å². The van der Waals surface area contributed by atoms with Gasteiger partial charge in [0.05, 0.1) is 202 Å². The van der Waals surface area contributed by atoms with E-state index in [0.29, 0.717) is 208 Å². The van der Waals surface area contributed by atoms with Crippen LogP contribution in [0, 0.1) is 34.0 Å². The molecular formula is C106H139N23O10. The third-order valence-electron chi connectivity index (χ3n) is 21.0. The molecule has 0 radical (unpaired) electrons. The molecule has 738 valence electrons. The number of ether oxygens (including phenoxy) is 6. The fourth-order valence-corrected chi connectivity index (χ4v) is 13.4.